The van der Waals surface area contributed by atoms with Gasteiger partial charge in [-0.25, -0.2) is 9.18 Å². The lowest BCUT2D eigenvalue weighted by Crippen LogP contribution is -2.38. The number of thiophene rings is 1. The zero-order chi connectivity index (χ0) is 16.8. The summed E-state index contributed by atoms with van der Waals surface area (Å²) in [5, 5.41) is 5.45. The van der Waals surface area contributed by atoms with Crippen LogP contribution in [0.3, 0.4) is 0 Å². The van der Waals surface area contributed by atoms with Crippen LogP contribution in [-0.4, -0.2) is 37.5 Å². The average Bonchev–Trinajstić information content (AvgIpc) is 2.94. The van der Waals surface area contributed by atoms with Crippen molar-refractivity contribution in [2.45, 2.75) is 6.92 Å². The number of benzene rings is 1. The van der Waals surface area contributed by atoms with Crippen LogP contribution in [0.15, 0.2) is 24.3 Å². The largest absolute Gasteiger partial charge is 0.451 e. The minimum Gasteiger partial charge on any atom is -0.451 e. The summed E-state index contributed by atoms with van der Waals surface area (Å²) in [7, 11) is 0. The van der Waals surface area contributed by atoms with Crippen molar-refractivity contribution in [3.63, 3.8) is 0 Å². The number of likely N-dealkylation sites (N-methyl/N-ethyl adjacent to an activating group) is 1. The van der Waals surface area contributed by atoms with Crippen LogP contribution >= 0.6 is 11.3 Å². The van der Waals surface area contributed by atoms with Gasteiger partial charge in [0, 0.05) is 11.2 Å². The number of halogens is 1. The zero-order valence-electron chi connectivity index (χ0n) is 12.3. The maximum atomic E-state index is 13.1. The van der Waals surface area contributed by atoms with Crippen molar-refractivity contribution in [2.24, 2.45) is 0 Å². The molecule has 2 N–H and O–H groups in total. The normalized spacial score (nSPS) is 10.3. The summed E-state index contributed by atoms with van der Waals surface area (Å²) >= 11 is 1.15. The highest BCUT2D eigenvalue weighted by Crippen LogP contribution is 2.26. The summed E-state index contributed by atoms with van der Waals surface area (Å²) in [5.74, 6) is -1.95. The maximum absolute atomic E-state index is 13.1. The molecule has 122 valence electrons. The van der Waals surface area contributed by atoms with Crippen LogP contribution in [0.25, 0.3) is 10.1 Å². The molecule has 2 amide bonds. The topological polar surface area (TPSA) is 84.5 Å². The van der Waals surface area contributed by atoms with Crippen LogP contribution < -0.4 is 10.6 Å². The summed E-state index contributed by atoms with van der Waals surface area (Å²) in [5.41, 5.74) is 0. The summed E-state index contributed by atoms with van der Waals surface area (Å²) in [6.07, 6.45) is 0. The fourth-order valence-corrected chi connectivity index (χ4v) is 2.74. The first-order chi connectivity index (χ1) is 11.0. The predicted octanol–water partition coefficient (Wildman–Crippen LogP) is 1.45. The lowest BCUT2D eigenvalue weighted by atomic mass is 10.2. The smallest absolute Gasteiger partial charge is 0.348 e. The fraction of sp³-hybridized carbons (Fsp3) is 0.267. The average molecular weight is 338 g/mol. The van der Waals surface area contributed by atoms with E-state index in [1.165, 1.54) is 18.2 Å². The van der Waals surface area contributed by atoms with Crippen molar-refractivity contribution in [3.8, 4) is 0 Å². The Morgan fingerprint density at radius 2 is 1.96 bits per heavy atom. The summed E-state index contributed by atoms with van der Waals surface area (Å²) in [6, 6.07) is 5.72. The van der Waals surface area contributed by atoms with Gasteiger partial charge in [-0.3, -0.25) is 9.59 Å². The molecule has 1 heterocycles. The number of rotatable bonds is 6. The Balaban J connectivity index is 1.86. The van der Waals surface area contributed by atoms with Crippen molar-refractivity contribution < 1.29 is 23.5 Å². The van der Waals surface area contributed by atoms with E-state index in [1.54, 1.807) is 13.0 Å². The number of hydrogen-bond donors (Lipinski definition) is 2. The van der Waals surface area contributed by atoms with Gasteiger partial charge in [-0.05, 0) is 36.6 Å². The molecule has 8 heteroatoms. The van der Waals surface area contributed by atoms with E-state index in [1.807, 2.05) is 0 Å². The second kappa shape index (κ2) is 7.68. The van der Waals surface area contributed by atoms with Gasteiger partial charge in [-0.1, -0.05) is 0 Å². The molecule has 1 aromatic heterocycles. The van der Waals surface area contributed by atoms with Crippen LogP contribution in [-0.2, 0) is 14.3 Å². The Morgan fingerprint density at radius 3 is 2.70 bits per heavy atom. The number of hydrogen-bond acceptors (Lipinski definition) is 5. The predicted molar refractivity (Wildman–Crippen MR) is 83.8 cm³/mol. The second-order valence-corrected chi connectivity index (χ2v) is 5.68. The third-order valence-electron chi connectivity index (χ3n) is 2.83. The highest BCUT2D eigenvalue weighted by molar-refractivity contribution is 7.20. The van der Waals surface area contributed by atoms with Crippen LogP contribution in [0, 0.1) is 5.82 Å². The van der Waals surface area contributed by atoms with Gasteiger partial charge in [0.1, 0.15) is 10.7 Å². The van der Waals surface area contributed by atoms with E-state index in [0.717, 1.165) is 16.0 Å². The van der Waals surface area contributed by atoms with Crippen molar-refractivity contribution in [3.05, 3.63) is 35.0 Å². The van der Waals surface area contributed by atoms with Gasteiger partial charge < -0.3 is 15.4 Å². The van der Waals surface area contributed by atoms with Gasteiger partial charge in [-0.15, -0.1) is 11.3 Å². The van der Waals surface area contributed by atoms with Crippen molar-refractivity contribution in [1.29, 1.82) is 0 Å². The van der Waals surface area contributed by atoms with E-state index in [2.05, 4.69) is 10.6 Å². The van der Waals surface area contributed by atoms with E-state index in [0.29, 0.717) is 11.9 Å². The quantitative estimate of drug-likeness (QED) is 0.781. The van der Waals surface area contributed by atoms with Crippen LogP contribution in [0.4, 0.5) is 4.39 Å². The number of carbonyl (C=O) groups excluding carboxylic acids is 3. The van der Waals surface area contributed by atoms with Crippen LogP contribution in [0.1, 0.15) is 16.6 Å². The molecule has 6 nitrogen and oxygen atoms in total. The molecule has 0 aliphatic heterocycles. The molecule has 0 atom stereocenters. The third-order valence-corrected chi connectivity index (χ3v) is 3.93. The minimum absolute atomic E-state index is 0.174. The second-order valence-electron chi connectivity index (χ2n) is 4.60. The fourth-order valence-electron chi connectivity index (χ4n) is 1.81. The van der Waals surface area contributed by atoms with Crippen molar-refractivity contribution >= 4 is 39.2 Å². The van der Waals surface area contributed by atoms with Gasteiger partial charge >= 0.3 is 5.97 Å². The molecule has 0 saturated heterocycles. The number of carbonyl (C=O) groups is 3. The van der Waals surface area contributed by atoms with Crippen LogP contribution in [0.5, 0.6) is 0 Å². The molecule has 0 unspecified atom stereocenters. The summed E-state index contributed by atoms with van der Waals surface area (Å²) < 4.78 is 18.7. The first-order valence-electron chi connectivity index (χ1n) is 6.89. The molecule has 0 bridgehead atoms. The van der Waals surface area contributed by atoms with E-state index < -0.39 is 18.5 Å². The molecule has 0 saturated carbocycles. The number of nitrogens with one attached hydrogen (secondary N) is 2. The molecular formula is C15H15FN2O4S. The Kier molecular flexibility index (Phi) is 5.64. The standard InChI is InChI=1S/C15H15FN2O4S/c1-2-17-13(19)7-18-14(20)8-22-15(21)12-6-9-5-10(16)3-4-11(9)23-12/h3-6H,2,7-8H2,1H3,(H,17,19)(H,18,20). The molecule has 0 radical (unpaired) electrons. The highest BCUT2D eigenvalue weighted by atomic mass is 32.1. The number of amides is 2. The summed E-state index contributed by atoms with van der Waals surface area (Å²) in [6.45, 7) is 1.57. The number of esters is 1. The lowest BCUT2D eigenvalue weighted by molar-refractivity contribution is -0.127. The number of ether oxygens (including phenoxy) is 1. The van der Waals surface area contributed by atoms with Crippen molar-refractivity contribution in [1.82, 2.24) is 10.6 Å². The molecule has 0 fully saturated rings. The monoisotopic (exact) mass is 338 g/mol. The highest BCUT2D eigenvalue weighted by Gasteiger charge is 2.14. The minimum atomic E-state index is -0.667. The lowest BCUT2D eigenvalue weighted by Gasteiger charge is -2.05. The van der Waals surface area contributed by atoms with Gasteiger partial charge in [-0.2, -0.15) is 0 Å². The summed E-state index contributed by atoms with van der Waals surface area (Å²) in [4.78, 5) is 34.8. The Hall–Kier alpha value is -2.48. The Bertz CT molecular complexity index is 744. The molecule has 2 aromatic rings. The van der Waals surface area contributed by atoms with Crippen molar-refractivity contribution in [2.75, 3.05) is 19.7 Å². The molecule has 0 aliphatic rings. The van der Waals surface area contributed by atoms with Crippen LogP contribution in [0.2, 0.25) is 0 Å². The van der Waals surface area contributed by atoms with E-state index in [9.17, 15) is 18.8 Å². The molecular weight excluding hydrogens is 323 g/mol. The van der Waals surface area contributed by atoms with Gasteiger partial charge in [0.2, 0.25) is 5.91 Å². The Labute approximate surface area is 135 Å². The maximum Gasteiger partial charge on any atom is 0.348 e. The SMILES string of the molecule is CCNC(=O)CNC(=O)COC(=O)c1cc2cc(F)ccc2s1. The molecule has 2 rings (SSSR count). The zero-order valence-corrected chi connectivity index (χ0v) is 13.2. The Morgan fingerprint density at radius 1 is 1.17 bits per heavy atom. The first-order valence-corrected chi connectivity index (χ1v) is 7.71. The van der Waals surface area contributed by atoms with Gasteiger partial charge in [0.25, 0.3) is 5.91 Å². The molecule has 0 spiro atoms. The van der Waals surface area contributed by atoms with Gasteiger partial charge in [0.05, 0.1) is 6.54 Å². The molecule has 23 heavy (non-hydrogen) atoms. The third kappa shape index (κ3) is 4.75. The van der Waals surface area contributed by atoms with E-state index in [4.69, 9.17) is 4.74 Å². The van der Waals surface area contributed by atoms with E-state index >= 15 is 0 Å². The first kappa shape index (κ1) is 16.9. The van der Waals surface area contributed by atoms with E-state index in [-0.39, 0.29) is 23.1 Å². The van der Waals surface area contributed by atoms with Gasteiger partial charge in [0.15, 0.2) is 6.61 Å². The molecule has 1 aromatic carbocycles. The number of fused-ring (bicyclic) bond motifs is 1. The molecule has 0 aliphatic carbocycles.